The summed E-state index contributed by atoms with van der Waals surface area (Å²) in [7, 11) is 0. The third kappa shape index (κ3) is 14.8. The zero-order valence-electron chi connectivity index (χ0n) is 16.7. The lowest BCUT2D eigenvalue weighted by atomic mass is 9.90. The van der Waals surface area contributed by atoms with Crippen LogP contribution in [0.3, 0.4) is 0 Å². The molecule has 2 nitrogen and oxygen atoms in total. The van der Waals surface area contributed by atoms with Crippen LogP contribution in [0.1, 0.15) is 111 Å². The molecule has 0 heterocycles. The second kappa shape index (κ2) is 17.0. The number of rotatable bonds is 17. The lowest BCUT2D eigenvalue weighted by molar-refractivity contribution is -0.139. The van der Waals surface area contributed by atoms with Gasteiger partial charge in [0, 0.05) is 5.57 Å². The molecule has 1 atom stereocenters. The summed E-state index contributed by atoms with van der Waals surface area (Å²) in [5.74, 6) is 0.704. The van der Waals surface area contributed by atoms with E-state index in [4.69, 9.17) is 4.74 Å². The molecule has 0 saturated carbocycles. The monoisotopic (exact) mass is 338 g/mol. The summed E-state index contributed by atoms with van der Waals surface area (Å²) in [6, 6.07) is 0. The molecule has 0 amide bonds. The lowest BCUT2D eigenvalue weighted by Crippen LogP contribution is -2.06. The molecule has 0 bridgehead atoms. The van der Waals surface area contributed by atoms with Crippen molar-refractivity contribution in [1.29, 1.82) is 0 Å². The standard InChI is InChI=1S/C22H42O2/c1-5-7-9-13-17-21(16-8-6-2)18-14-11-10-12-15-19-24-22(23)20(3)4/h21H,3,5-19H2,1-2,4H3. The van der Waals surface area contributed by atoms with E-state index in [2.05, 4.69) is 20.4 Å². The zero-order valence-corrected chi connectivity index (χ0v) is 16.7. The van der Waals surface area contributed by atoms with E-state index in [1.165, 1.54) is 83.5 Å². The number of esters is 1. The number of hydrogen-bond donors (Lipinski definition) is 0. The Kier molecular flexibility index (Phi) is 16.5. The normalized spacial score (nSPS) is 12.1. The molecule has 0 saturated heterocycles. The fourth-order valence-electron chi connectivity index (χ4n) is 3.14. The van der Waals surface area contributed by atoms with Crippen molar-refractivity contribution in [3.8, 4) is 0 Å². The predicted molar refractivity (Wildman–Crippen MR) is 105 cm³/mol. The third-order valence-corrected chi connectivity index (χ3v) is 4.77. The topological polar surface area (TPSA) is 26.3 Å². The van der Waals surface area contributed by atoms with Gasteiger partial charge in [-0.05, 0) is 19.3 Å². The van der Waals surface area contributed by atoms with Crippen molar-refractivity contribution < 1.29 is 9.53 Å². The number of carbonyl (C=O) groups is 1. The summed E-state index contributed by atoms with van der Waals surface area (Å²) in [5.41, 5.74) is 0.493. The molecule has 0 aliphatic rings. The van der Waals surface area contributed by atoms with Gasteiger partial charge in [0.15, 0.2) is 0 Å². The van der Waals surface area contributed by atoms with E-state index in [-0.39, 0.29) is 5.97 Å². The number of hydrogen-bond acceptors (Lipinski definition) is 2. The Hall–Kier alpha value is -0.790. The van der Waals surface area contributed by atoms with Gasteiger partial charge in [0.1, 0.15) is 0 Å². The van der Waals surface area contributed by atoms with Crippen LogP contribution in [-0.2, 0) is 9.53 Å². The van der Waals surface area contributed by atoms with E-state index in [9.17, 15) is 4.79 Å². The summed E-state index contributed by atoms with van der Waals surface area (Å²) in [5, 5.41) is 0. The Morgan fingerprint density at radius 3 is 1.88 bits per heavy atom. The molecular formula is C22H42O2. The van der Waals surface area contributed by atoms with Gasteiger partial charge in [-0.25, -0.2) is 4.79 Å². The highest BCUT2D eigenvalue weighted by Crippen LogP contribution is 2.23. The first kappa shape index (κ1) is 23.2. The van der Waals surface area contributed by atoms with Gasteiger partial charge in [0.2, 0.25) is 0 Å². The number of carbonyl (C=O) groups excluding carboxylic acids is 1. The smallest absolute Gasteiger partial charge is 0.333 e. The average molecular weight is 339 g/mol. The van der Waals surface area contributed by atoms with Gasteiger partial charge in [-0.2, -0.15) is 0 Å². The van der Waals surface area contributed by atoms with Crippen molar-refractivity contribution in [2.45, 2.75) is 111 Å². The summed E-state index contributed by atoms with van der Waals surface area (Å²) in [6.45, 7) is 10.4. The molecule has 0 aromatic carbocycles. The third-order valence-electron chi connectivity index (χ3n) is 4.77. The Labute approximate surface area is 151 Å². The molecule has 24 heavy (non-hydrogen) atoms. The van der Waals surface area contributed by atoms with Crippen LogP contribution in [0.4, 0.5) is 0 Å². The van der Waals surface area contributed by atoms with Crippen LogP contribution in [0, 0.1) is 5.92 Å². The minimum atomic E-state index is -0.253. The Morgan fingerprint density at radius 2 is 1.29 bits per heavy atom. The van der Waals surface area contributed by atoms with Crippen LogP contribution in [0.2, 0.25) is 0 Å². The van der Waals surface area contributed by atoms with Gasteiger partial charge in [-0.3, -0.25) is 0 Å². The molecule has 0 spiro atoms. The van der Waals surface area contributed by atoms with Crippen LogP contribution < -0.4 is 0 Å². The summed E-state index contributed by atoms with van der Waals surface area (Å²) < 4.78 is 5.12. The molecule has 0 rings (SSSR count). The van der Waals surface area contributed by atoms with Crippen molar-refractivity contribution in [2.24, 2.45) is 5.92 Å². The fourth-order valence-corrected chi connectivity index (χ4v) is 3.14. The van der Waals surface area contributed by atoms with Crippen molar-refractivity contribution in [3.63, 3.8) is 0 Å². The molecular weight excluding hydrogens is 296 g/mol. The molecule has 0 aliphatic heterocycles. The molecule has 0 aromatic heterocycles. The lowest BCUT2D eigenvalue weighted by Gasteiger charge is -2.16. The Bertz CT molecular complexity index is 309. The van der Waals surface area contributed by atoms with E-state index < -0.39 is 0 Å². The van der Waals surface area contributed by atoms with Crippen molar-refractivity contribution in [2.75, 3.05) is 6.61 Å². The largest absolute Gasteiger partial charge is 0.462 e. The van der Waals surface area contributed by atoms with E-state index in [1.807, 2.05) is 0 Å². The summed E-state index contributed by atoms with van der Waals surface area (Å²) in [6.07, 6.45) is 18.7. The van der Waals surface area contributed by atoms with E-state index in [0.717, 1.165) is 12.3 Å². The highest BCUT2D eigenvalue weighted by atomic mass is 16.5. The van der Waals surface area contributed by atoms with Gasteiger partial charge >= 0.3 is 5.97 Å². The highest BCUT2D eigenvalue weighted by molar-refractivity contribution is 5.86. The molecule has 2 heteroatoms. The minimum absolute atomic E-state index is 0.253. The van der Waals surface area contributed by atoms with Crippen LogP contribution in [-0.4, -0.2) is 12.6 Å². The van der Waals surface area contributed by atoms with Gasteiger partial charge in [0.05, 0.1) is 6.61 Å². The Morgan fingerprint density at radius 1 is 0.792 bits per heavy atom. The summed E-state index contributed by atoms with van der Waals surface area (Å²) >= 11 is 0. The molecule has 0 N–H and O–H groups in total. The number of ether oxygens (including phenoxy) is 1. The maximum Gasteiger partial charge on any atom is 0.333 e. The SMILES string of the molecule is C=C(C)C(=O)OCCCCCCCC(CCCC)CCCCCC. The van der Waals surface area contributed by atoms with E-state index >= 15 is 0 Å². The maximum atomic E-state index is 11.2. The van der Waals surface area contributed by atoms with E-state index in [0.29, 0.717) is 12.2 Å². The Balaban J connectivity index is 3.60. The predicted octanol–water partition coefficient (Wildman–Crippen LogP) is 7.22. The van der Waals surface area contributed by atoms with E-state index in [1.54, 1.807) is 6.92 Å². The first-order chi connectivity index (χ1) is 11.6. The zero-order chi connectivity index (χ0) is 18.0. The van der Waals surface area contributed by atoms with Gasteiger partial charge in [-0.1, -0.05) is 104 Å². The first-order valence-corrected chi connectivity index (χ1v) is 10.4. The second-order valence-corrected chi connectivity index (χ2v) is 7.33. The minimum Gasteiger partial charge on any atom is -0.462 e. The van der Waals surface area contributed by atoms with Crippen LogP contribution in [0.25, 0.3) is 0 Å². The van der Waals surface area contributed by atoms with Crippen LogP contribution >= 0.6 is 0 Å². The van der Waals surface area contributed by atoms with Crippen molar-refractivity contribution >= 4 is 5.97 Å². The average Bonchev–Trinajstić information content (AvgIpc) is 2.57. The molecule has 0 fully saturated rings. The molecule has 0 aromatic rings. The quantitative estimate of drug-likeness (QED) is 0.159. The second-order valence-electron chi connectivity index (χ2n) is 7.33. The molecule has 142 valence electrons. The molecule has 0 aliphatic carbocycles. The molecule has 0 radical (unpaired) electrons. The van der Waals surface area contributed by atoms with Crippen molar-refractivity contribution in [3.05, 3.63) is 12.2 Å². The summed E-state index contributed by atoms with van der Waals surface area (Å²) in [4.78, 5) is 11.2. The fraction of sp³-hybridized carbons (Fsp3) is 0.864. The highest BCUT2D eigenvalue weighted by Gasteiger charge is 2.08. The maximum absolute atomic E-state index is 11.2. The van der Waals surface area contributed by atoms with Crippen LogP contribution in [0.5, 0.6) is 0 Å². The van der Waals surface area contributed by atoms with Gasteiger partial charge in [0.25, 0.3) is 0 Å². The van der Waals surface area contributed by atoms with Crippen LogP contribution in [0.15, 0.2) is 12.2 Å². The van der Waals surface area contributed by atoms with Crippen molar-refractivity contribution in [1.82, 2.24) is 0 Å². The van der Waals surface area contributed by atoms with Gasteiger partial charge in [-0.15, -0.1) is 0 Å². The molecule has 1 unspecified atom stereocenters. The first-order valence-electron chi connectivity index (χ1n) is 10.4. The number of unbranched alkanes of at least 4 members (excludes halogenated alkanes) is 8. The van der Waals surface area contributed by atoms with Gasteiger partial charge < -0.3 is 4.74 Å².